The smallest absolute Gasteiger partial charge is 0.409 e. The summed E-state index contributed by atoms with van der Waals surface area (Å²) >= 11 is 0. The quantitative estimate of drug-likeness (QED) is 0.571. The molecule has 0 aliphatic carbocycles. The number of carboxylic acid groups (broad SMARTS) is 1. The number of rotatable bonds is 2. The Morgan fingerprint density at radius 1 is 1.22 bits per heavy atom. The van der Waals surface area contributed by atoms with Gasteiger partial charge in [-0.2, -0.15) is 0 Å². The highest BCUT2D eigenvalue weighted by Crippen LogP contribution is 2.29. The lowest BCUT2D eigenvalue weighted by Crippen LogP contribution is -2.13. The van der Waals surface area contributed by atoms with Gasteiger partial charge >= 0.3 is 6.09 Å². The number of fused-ring (bicyclic) bond motifs is 1. The van der Waals surface area contributed by atoms with Crippen LogP contribution in [0, 0.1) is 0 Å². The third kappa shape index (κ3) is 2.64. The van der Waals surface area contributed by atoms with E-state index in [0.29, 0.717) is 0 Å². The maximum absolute atomic E-state index is 12.2. The molecule has 3 rings (SSSR count). The molecule has 0 radical (unpaired) electrons. The van der Waals surface area contributed by atoms with Crippen LogP contribution in [-0.2, 0) is 0 Å². The fourth-order valence-corrected chi connectivity index (χ4v) is 2.22. The number of nitrogens with one attached hydrogen (secondary N) is 2. The van der Waals surface area contributed by atoms with Crippen LogP contribution in [0.5, 0.6) is 5.75 Å². The summed E-state index contributed by atoms with van der Waals surface area (Å²) < 4.78 is 5.56. The van der Waals surface area contributed by atoms with Crippen LogP contribution in [0.2, 0.25) is 0 Å². The number of hydrogen-bond acceptors (Lipinski definition) is 5. The lowest BCUT2D eigenvalue weighted by atomic mass is 10.1. The second-order valence-corrected chi connectivity index (χ2v) is 4.68. The molecular formula is C15H10N2O6. The highest BCUT2D eigenvalue weighted by Gasteiger charge is 2.14. The van der Waals surface area contributed by atoms with Crippen molar-refractivity contribution in [3.63, 3.8) is 0 Å². The molecule has 23 heavy (non-hydrogen) atoms. The number of carbonyl (C=O) groups is 1. The molecule has 2 aromatic heterocycles. The van der Waals surface area contributed by atoms with E-state index in [4.69, 9.17) is 9.52 Å². The summed E-state index contributed by atoms with van der Waals surface area (Å²) in [5.41, 5.74) is -0.705. The third-order valence-corrected chi connectivity index (χ3v) is 3.16. The number of anilines is 1. The first-order valence-electron chi connectivity index (χ1n) is 6.44. The number of aromatic hydroxyl groups is 1. The number of aromatic amines is 1. The highest BCUT2D eigenvalue weighted by molar-refractivity contribution is 5.90. The maximum Gasteiger partial charge on any atom is 0.409 e. The Balaban J connectivity index is 2.27. The van der Waals surface area contributed by atoms with E-state index >= 15 is 0 Å². The highest BCUT2D eigenvalue weighted by atomic mass is 16.4. The average Bonchev–Trinajstić information content (AvgIpc) is 2.46. The van der Waals surface area contributed by atoms with Crippen LogP contribution in [0.4, 0.5) is 10.5 Å². The van der Waals surface area contributed by atoms with Crippen LogP contribution in [0.15, 0.2) is 50.5 Å². The van der Waals surface area contributed by atoms with Crippen molar-refractivity contribution in [1.82, 2.24) is 4.98 Å². The zero-order valence-electron chi connectivity index (χ0n) is 11.5. The number of pyridine rings is 1. The van der Waals surface area contributed by atoms with Crippen molar-refractivity contribution in [2.45, 2.75) is 0 Å². The van der Waals surface area contributed by atoms with E-state index in [1.807, 2.05) is 0 Å². The third-order valence-electron chi connectivity index (χ3n) is 3.16. The molecule has 1 amide bonds. The van der Waals surface area contributed by atoms with Gasteiger partial charge in [0, 0.05) is 18.3 Å². The van der Waals surface area contributed by atoms with E-state index in [0.717, 1.165) is 12.1 Å². The monoisotopic (exact) mass is 314 g/mol. The summed E-state index contributed by atoms with van der Waals surface area (Å²) in [4.78, 5) is 36.8. The van der Waals surface area contributed by atoms with E-state index in [-0.39, 0.29) is 33.7 Å². The van der Waals surface area contributed by atoms with Gasteiger partial charge in [-0.05, 0) is 12.1 Å². The second-order valence-electron chi connectivity index (χ2n) is 4.68. The Kier molecular flexibility index (Phi) is 3.34. The van der Waals surface area contributed by atoms with Crippen molar-refractivity contribution in [3.8, 4) is 17.1 Å². The number of phenols is 1. The Morgan fingerprint density at radius 2 is 2.00 bits per heavy atom. The predicted octanol–water partition coefficient (Wildman–Crippen LogP) is 1.94. The molecule has 0 aliphatic heterocycles. The standard InChI is InChI=1S/C15H10N2O6/c18-9-2-1-3-11-14(9)10(19)5-12(23-11)7-6-16-13(20)4-8(7)17-15(21)22/h1-6,18H,(H,21,22)(H2,16,17,20). The van der Waals surface area contributed by atoms with E-state index < -0.39 is 17.1 Å². The molecule has 0 saturated carbocycles. The molecular weight excluding hydrogens is 304 g/mol. The fraction of sp³-hybridized carbons (Fsp3) is 0. The summed E-state index contributed by atoms with van der Waals surface area (Å²) in [5, 5.41) is 20.7. The van der Waals surface area contributed by atoms with E-state index in [1.54, 1.807) is 0 Å². The topological polar surface area (TPSA) is 133 Å². The summed E-state index contributed by atoms with van der Waals surface area (Å²) in [7, 11) is 0. The van der Waals surface area contributed by atoms with Crippen LogP contribution in [-0.4, -0.2) is 21.3 Å². The van der Waals surface area contributed by atoms with E-state index in [2.05, 4.69) is 10.3 Å². The number of phenolic OH excluding ortho intramolecular Hbond substituents is 1. The van der Waals surface area contributed by atoms with Gasteiger partial charge in [-0.1, -0.05) is 6.07 Å². The molecule has 8 heteroatoms. The normalized spacial score (nSPS) is 10.6. The van der Waals surface area contributed by atoms with Gasteiger partial charge in [-0.3, -0.25) is 14.9 Å². The second kappa shape index (κ2) is 5.34. The van der Waals surface area contributed by atoms with Gasteiger partial charge in [0.1, 0.15) is 22.5 Å². The van der Waals surface area contributed by atoms with Crippen molar-refractivity contribution in [3.05, 3.63) is 57.1 Å². The van der Waals surface area contributed by atoms with Crippen molar-refractivity contribution < 1.29 is 19.4 Å². The van der Waals surface area contributed by atoms with Crippen LogP contribution in [0.1, 0.15) is 0 Å². The molecule has 2 heterocycles. The molecule has 0 saturated heterocycles. The Bertz CT molecular complexity index is 1030. The van der Waals surface area contributed by atoms with Gasteiger partial charge in [0.2, 0.25) is 5.56 Å². The number of hydrogen-bond donors (Lipinski definition) is 4. The molecule has 0 unspecified atom stereocenters. The lowest BCUT2D eigenvalue weighted by molar-refractivity contribution is 0.210. The maximum atomic E-state index is 12.2. The Hall–Kier alpha value is -3.55. The molecule has 3 aromatic rings. The van der Waals surface area contributed by atoms with Gasteiger partial charge in [0.05, 0.1) is 11.3 Å². The predicted molar refractivity (Wildman–Crippen MR) is 81.9 cm³/mol. The van der Waals surface area contributed by atoms with Gasteiger partial charge in [0.25, 0.3) is 0 Å². The number of amides is 1. The van der Waals surface area contributed by atoms with Crippen molar-refractivity contribution in [1.29, 1.82) is 0 Å². The van der Waals surface area contributed by atoms with Crippen LogP contribution in [0.25, 0.3) is 22.3 Å². The summed E-state index contributed by atoms with van der Waals surface area (Å²) in [6, 6.07) is 6.51. The molecule has 0 spiro atoms. The van der Waals surface area contributed by atoms with Gasteiger partial charge in [-0.15, -0.1) is 0 Å². The SMILES string of the molecule is O=C(O)Nc1cc(=O)[nH]cc1-c1cc(=O)c2c(O)cccc2o1. The van der Waals surface area contributed by atoms with Gasteiger partial charge < -0.3 is 19.6 Å². The van der Waals surface area contributed by atoms with Crippen LogP contribution < -0.4 is 16.3 Å². The fourth-order valence-electron chi connectivity index (χ4n) is 2.22. The largest absolute Gasteiger partial charge is 0.507 e. The minimum absolute atomic E-state index is 0.0217. The molecule has 116 valence electrons. The summed E-state index contributed by atoms with van der Waals surface area (Å²) in [5.74, 6) is -0.166. The average molecular weight is 314 g/mol. The first-order valence-corrected chi connectivity index (χ1v) is 6.44. The lowest BCUT2D eigenvalue weighted by Gasteiger charge is -2.08. The van der Waals surface area contributed by atoms with Crippen LogP contribution >= 0.6 is 0 Å². The summed E-state index contributed by atoms with van der Waals surface area (Å²) in [6.45, 7) is 0. The van der Waals surface area contributed by atoms with E-state index in [9.17, 15) is 19.5 Å². The number of aromatic nitrogens is 1. The number of benzene rings is 1. The Morgan fingerprint density at radius 3 is 2.74 bits per heavy atom. The zero-order chi connectivity index (χ0) is 16.6. The molecule has 8 nitrogen and oxygen atoms in total. The molecule has 0 aliphatic rings. The van der Waals surface area contributed by atoms with Crippen molar-refractivity contribution in [2.24, 2.45) is 0 Å². The molecule has 1 aromatic carbocycles. The molecule has 0 fully saturated rings. The number of H-pyrrole nitrogens is 1. The first-order chi connectivity index (χ1) is 11.0. The first kappa shape index (κ1) is 14.4. The van der Waals surface area contributed by atoms with E-state index in [1.165, 1.54) is 24.4 Å². The minimum atomic E-state index is -1.36. The molecule has 0 bridgehead atoms. The zero-order valence-corrected chi connectivity index (χ0v) is 11.5. The van der Waals surface area contributed by atoms with Crippen molar-refractivity contribution >= 4 is 22.7 Å². The van der Waals surface area contributed by atoms with Gasteiger partial charge in [0.15, 0.2) is 5.43 Å². The van der Waals surface area contributed by atoms with Crippen LogP contribution in [0.3, 0.4) is 0 Å². The summed E-state index contributed by atoms with van der Waals surface area (Å²) in [6.07, 6.45) is -0.127. The molecule has 0 atom stereocenters. The molecule has 4 N–H and O–H groups in total. The van der Waals surface area contributed by atoms with Gasteiger partial charge in [-0.25, -0.2) is 4.79 Å². The minimum Gasteiger partial charge on any atom is -0.507 e. The van der Waals surface area contributed by atoms with Crippen molar-refractivity contribution in [2.75, 3.05) is 5.32 Å². The Labute approximate surface area is 127 Å².